The Balaban J connectivity index is 1.08. The molecule has 0 bridgehead atoms. The molecule has 4 heteroatoms. The van der Waals surface area contributed by atoms with Crippen molar-refractivity contribution in [3.05, 3.63) is 158 Å². The molecule has 0 atom stereocenters. The van der Waals surface area contributed by atoms with Gasteiger partial charge in [0.05, 0.1) is 38.5 Å². The summed E-state index contributed by atoms with van der Waals surface area (Å²) in [5, 5.41) is 4.94. The molecule has 0 amide bonds. The molecule has 4 aromatic heterocycles. The summed E-state index contributed by atoms with van der Waals surface area (Å²) < 4.78 is 6.93. The van der Waals surface area contributed by atoms with E-state index in [1.165, 1.54) is 49.2 Å². The standard InChI is InChI=1S/C41H26N4/c1-5-13-35-31(9-1)32-10-2-6-14-36(32)44(35)29-21-17-27(18-22-29)28-19-23-30(24-20-28)45-37-15-7-3-11-33(37)40-39(45)25-26-43-38-16-8-4-12-34(38)42-41(40)43/h1-26H. The van der Waals surface area contributed by atoms with Crippen molar-refractivity contribution >= 4 is 60.3 Å². The second kappa shape index (κ2) is 9.18. The predicted octanol–water partition coefficient (Wildman–Crippen LogP) is 10.3. The number of pyridine rings is 1. The van der Waals surface area contributed by atoms with Gasteiger partial charge in [0.1, 0.15) is 5.65 Å². The van der Waals surface area contributed by atoms with E-state index in [0.29, 0.717) is 0 Å². The smallest absolute Gasteiger partial charge is 0.148 e. The molecule has 4 heterocycles. The van der Waals surface area contributed by atoms with Crippen molar-refractivity contribution in [1.29, 1.82) is 0 Å². The van der Waals surface area contributed by atoms with Crippen LogP contribution in [0, 0.1) is 0 Å². The van der Waals surface area contributed by atoms with Crippen LogP contribution >= 0.6 is 0 Å². The topological polar surface area (TPSA) is 27.2 Å². The van der Waals surface area contributed by atoms with Crippen LogP contribution in [-0.2, 0) is 0 Å². The number of benzene rings is 6. The number of nitrogens with zero attached hydrogens (tertiary/aromatic N) is 4. The summed E-state index contributed by atoms with van der Waals surface area (Å²) in [6.07, 6.45) is 2.15. The van der Waals surface area contributed by atoms with Gasteiger partial charge in [0, 0.05) is 33.7 Å². The summed E-state index contributed by atoms with van der Waals surface area (Å²) in [5.74, 6) is 0. The van der Waals surface area contributed by atoms with E-state index in [1.54, 1.807) is 0 Å². The van der Waals surface area contributed by atoms with Crippen molar-refractivity contribution in [2.24, 2.45) is 0 Å². The van der Waals surface area contributed by atoms with Gasteiger partial charge in [-0.05, 0) is 71.8 Å². The van der Waals surface area contributed by atoms with Crippen molar-refractivity contribution in [1.82, 2.24) is 18.5 Å². The van der Waals surface area contributed by atoms with Crippen LogP contribution < -0.4 is 0 Å². The quantitative estimate of drug-likeness (QED) is 0.206. The van der Waals surface area contributed by atoms with Gasteiger partial charge in [0.25, 0.3) is 0 Å². The van der Waals surface area contributed by atoms with Crippen LogP contribution in [-0.4, -0.2) is 18.5 Å². The molecule has 4 nitrogen and oxygen atoms in total. The molecule has 0 aliphatic rings. The highest BCUT2D eigenvalue weighted by atomic mass is 15.0. The van der Waals surface area contributed by atoms with E-state index in [2.05, 4.69) is 171 Å². The molecule has 10 aromatic rings. The van der Waals surface area contributed by atoms with E-state index in [9.17, 15) is 0 Å². The third-order valence-corrected chi connectivity index (χ3v) is 9.28. The van der Waals surface area contributed by atoms with Crippen LogP contribution in [0.1, 0.15) is 0 Å². The highest BCUT2D eigenvalue weighted by Gasteiger charge is 2.17. The van der Waals surface area contributed by atoms with E-state index in [-0.39, 0.29) is 0 Å². The van der Waals surface area contributed by atoms with E-state index >= 15 is 0 Å². The van der Waals surface area contributed by atoms with Gasteiger partial charge in [0.15, 0.2) is 0 Å². The number of rotatable bonds is 3. The van der Waals surface area contributed by atoms with Crippen LogP contribution in [0.25, 0.3) is 82.8 Å². The zero-order chi connectivity index (χ0) is 29.5. The van der Waals surface area contributed by atoms with E-state index in [1.807, 2.05) is 0 Å². The Bertz CT molecular complexity index is 2690. The summed E-state index contributed by atoms with van der Waals surface area (Å²) in [6, 6.07) is 54.3. The Labute approximate surface area is 258 Å². The molecule has 0 saturated heterocycles. The maximum absolute atomic E-state index is 5.06. The molecule has 0 aliphatic carbocycles. The average Bonchev–Trinajstić information content (AvgIpc) is 3.76. The fourth-order valence-corrected chi connectivity index (χ4v) is 7.25. The number of hydrogen-bond donors (Lipinski definition) is 0. The minimum Gasteiger partial charge on any atom is -0.309 e. The van der Waals surface area contributed by atoms with E-state index < -0.39 is 0 Å². The van der Waals surface area contributed by atoms with Gasteiger partial charge in [-0.2, -0.15) is 0 Å². The van der Waals surface area contributed by atoms with Crippen molar-refractivity contribution < 1.29 is 0 Å². The Kier molecular flexibility index (Phi) is 4.96. The molecule has 0 fully saturated rings. The highest BCUT2D eigenvalue weighted by molar-refractivity contribution is 6.16. The molecule has 0 spiro atoms. The van der Waals surface area contributed by atoms with Crippen LogP contribution in [0.5, 0.6) is 0 Å². The summed E-state index contributed by atoms with van der Waals surface area (Å²) in [6.45, 7) is 0. The number of imidazole rings is 1. The Morgan fingerprint density at radius 3 is 1.44 bits per heavy atom. The monoisotopic (exact) mass is 574 g/mol. The third-order valence-electron chi connectivity index (χ3n) is 9.28. The molecule has 0 aliphatic heterocycles. The number of para-hydroxylation sites is 5. The van der Waals surface area contributed by atoms with Crippen molar-refractivity contribution in [3.8, 4) is 22.5 Å². The van der Waals surface area contributed by atoms with E-state index in [0.717, 1.165) is 33.6 Å². The van der Waals surface area contributed by atoms with Crippen LogP contribution in [0.3, 0.4) is 0 Å². The molecule has 210 valence electrons. The zero-order valence-electron chi connectivity index (χ0n) is 24.3. The summed E-state index contributed by atoms with van der Waals surface area (Å²) in [5.41, 5.74) is 12.6. The van der Waals surface area contributed by atoms with Crippen molar-refractivity contribution in [2.45, 2.75) is 0 Å². The molecule has 0 radical (unpaired) electrons. The van der Waals surface area contributed by atoms with Gasteiger partial charge in [-0.25, -0.2) is 4.98 Å². The lowest BCUT2D eigenvalue weighted by Gasteiger charge is -2.11. The maximum atomic E-state index is 5.06. The first kappa shape index (κ1) is 24.3. The SMILES string of the molecule is c1ccc2c(c1)nc1c3c4ccccc4n(-c4ccc(-c5ccc(-n6c7ccccc7c7ccccc76)cc5)cc4)c3ccn21. The van der Waals surface area contributed by atoms with Crippen molar-refractivity contribution in [3.63, 3.8) is 0 Å². The zero-order valence-corrected chi connectivity index (χ0v) is 24.3. The Hall–Kier alpha value is -6.13. The second-order valence-corrected chi connectivity index (χ2v) is 11.7. The molecule has 0 N–H and O–H groups in total. The molecule has 45 heavy (non-hydrogen) atoms. The minimum atomic E-state index is 0.989. The van der Waals surface area contributed by atoms with Crippen LogP contribution in [0.4, 0.5) is 0 Å². The molecule has 0 saturated carbocycles. The fraction of sp³-hybridized carbons (Fsp3) is 0. The average molecular weight is 575 g/mol. The van der Waals surface area contributed by atoms with Gasteiger partial charge < -0.3 is 9.13 Å². The van der Waals surface area contributed by atoms with Crippen LogP contribution in [0.2, 0.25) is 0 Å². The number of hydrogen-bond acceptors (Lipinski definition) is 1. The lowest BCUT2D eigenvalue weighted by Crippen LogP contribution is -1.95. The molecular weight excluding hydrogens is 548 g/mol. The predicted molar refractivity (Wildman–Crippen MR) is 187 cm³/mol. The first-order chi connectivity index (χ1) is 22.3. The van der Waals surface area contributed by atoms with Gasteiger partial charge in [-0.3, -0.25) is 4.40 Å². The minimum absolute atomic E-state index is 0.989. The van der Waals surface area contributed by atoms with Crippen LogP contribution in [0.15, 0.2) is 158 Å². The fourth-order valence-electron chi connectivity index (χ4n) is 7.25. The molecule has 6 aromatic carbocycles. The first-order valence-electron chi connectivity index (χ1n) is 15.3. The van der Waals surface area contributed by atoms with Gasteiger partial charge in [-0.15, -0.1) is 0 Å². The normalized spacial score (nSPS) is 12.0. The number of aromatic nitrogens is 4. The van der Waals surface area contributed by atoms with Crippen molar-refractivity contribution in [2.75, 3.05) is 0 Å². The first-order valence-corrected chi connectivity index (χ1v) is 15.3. The lowest BCUT2D eigenvalue weighted by atomic mass is 10.0. The van der Waals surface area contributed by atoms with Gasteiger partial charge in [0.2, 0.25) is 0 Å². The second-order valence-electron chi connectivity index (χ2n) is 11.7. The van der Waals surface area contributed by atoms with Gasteiger partial charge in [-0.1, -0.05) is 91.0 Å². The molecule has 0 unspecified atom stereocenters. The van der Waals surface area contributed by atoms with E-state index in [4.69, 9.17) is 4.98 Å². The largest absolute Gasteiger partial charge is 0.309 e. The summed E-state index contributed by atoms with van der Waals surface area (Å²) in [4.78, 5) is 5.06. The Morgan fingerprint density at radius 1 is 0.378 bits per heavy atom. The molecule has 10 rings (SSSR count). The maximum Gasteiger partial charge on any atom is 0.148 e. The molecular formula is C41H26N4. The highest BCUT2D eigenvalue weighted by Crippen LogP contribution is 2.37. The summed E-state index contributed by atoms with van der Waals surface area (Å²) in [7, 11) is 0. The summed E-state index contributed by atoms with van der Waals surface area (Å²) >= 11 is 0. The number of fused-ring (bicyclic) bond motifs is 10. The lowest BCUT2D eigenvalue weighted by molar-refractivity contribution is 1.17. The Morgan fingerprint density at radius 2 is 0.844 bits per heavy atom. The third kappa shape index (κ3) is 3.45. The van der Waals surface area contributed by atoms with Gasteiger partial charge >= 0.3 is 0 Å².